The zero-order chi connectivity index (χ0) is 15.9. The minimum Gasteiger partial charge on any atom is -0.459 e. The molecule has 1 N–H and O–H groups in total. The highest BCUT2D eigenvalue weighted by molar-refractivity contribution is 8.01. The first kappa shape index (κ1) is 15.5. The number of thioether (sulfide) groups is 1. The molecule has 2 heterocycles. The fraction of sp³-hybridized carbons (Fsp3) is 0.0625. The number of anilines is 1. The summed E-state index contributed by atoms with van der Waals surface area (Å²) in [5, 5.41) is 11.1. The molecule has 23 heavy (non-hydrogen) atoms. The summed E-state index contributed by atoms with van der Waals surface area (Å²) >= 11 is 2.91. The number of rotatable bonds is 6. The van der Waals surface area contributed by atoms with Crippen molar-refractivity contribution >= 4 is 40.2 Å². The number of carbonyl (C=O) groups is 1. The van der Waals surface area contributed by atoms with Crippen LogP contribution in [0.3, 0.4) is 0 Å². The van der Waals surface area contributed by atoms with Crippen molar-refractivity contribution in [1.29, 1.82) is 0 Å². The zero-order valence-corrected chi connectivity index (χ0v) is 13.6. The van der Waals surface area contributed by atoms with Gasteiger partial charge < -0.3 is 4.42 Å². The number of hydrogen-bond acceptors (Lipinski definition) is 6. The molecule has 0 fully saturated rings. The number of hydrogen-bond donors (Lipinski definition) is 1. The van der Waals surface area contributed by atoms with Gasteiger partial charge in [0.2, 0.25) is 5.13 Å². The van der Waals surface area contributed by atoms with Crippen LogP contribution in [-0.2, 0) is 0 Å². The molecule has 5 nitrogen and oxygen atoms in total. The van der Waals surface area contributed by atoms with Crippen molar-refractivity contribution in [2.75, 3.05) is 11.1 Å². The van der Waals surface area contributed by atoms with Crippen LogP contribution in [0.4, 0.5) is 5.13 Å². The van der Waals surface area contributed by atoms with Crippen molar-refractivity contribution < 1.29 is 9.21 Å². The fourth-order valence-corrected chi connectivity index (χ4v) is 3.34. The third kappa shape index (κ3) is 4.54. The van der Waals surface area contributed by atoms with Crippen LogP contribution in [0, 0.1) is 0 Å². The number of nitrogens with zero attached hydrogens (tertiary/aromatic N) is 2. The highest BCUT2D eigenvalue weighted by Crippen LogP contribution is 2.26. The molecule has 0 saturated carbocycles. The summed E-state index contributed by atoms with van der Waals surface area (Å²) in [6.07, 6.45) is 5.59. The first-order chi connectivity index (χ1) is 11.3. The van der Waals surface area contributed by atoms with E-state index < -0.39 is 0 Å². The molecule has 2 aromatic heterocycles. The van der Waals surface area contributed by atoms with Gasteiger partial charge in [0.15, 0.2) is 10.1 Å². The summed E-state index contributed by atoms with van der Waals surface area (Å²) in [7, 11) is 0. The van der Waals surface area contributed by atoms with Crippen LogP contribution >= 0.6 is 23.1 Å². The summed E-state index contributed by atoms with van der Waals surface area (Å²) in [5.41, 5.74) is 1.16. The highest BCUT2D eigenvalue weighted by atomic mass is 32.2. The molecule has 0 aliphatic rings. The first-order valence-corrected chi connectivity index (χ1v) is 8.64. The number of aromatic nitrogens is 2. The number of carbonyl (C=O) groups excluding carboxylic acids is 1. The SMILES string of the molecule is O=C(Nc1nnc(SCC=Cc2ccccc2)s1)c1ccco1. The van der Waals surface area contributed by atoms with Crippen molar-refractivity contribution in [2.45, 2.75) is 4.34 Å². The molecule has 3 aromatic rings. The fourth-order valence-electron chi connectivity index (χ4n) is 1.75. The molecule has 0 aliphatic carbocycles. The van der Waals surface area contributed by atoms with E-state index in [4.69, 9.17) is 4.42 Å². The summed E-state index contributed by atoms with van der Waals surface area (Å²) in [6.45, 7) is 0. The lowest BCUT2D eigenvalue weighted by Gasteiger charge is -1.95. The molecule has 0 radical (unpaired) electrons. The van der Waals surface area contributed by atoms with Gasteiger partial charge in [-0.2, -0.15) is 0 Å². The predicted molar refractivity (Wildman–Crippen MR) is 92.8 cm³/mol. The Morgan fingerprint density at radius 1 is 1.22 bits per heavy atom. The van der Waals surface area contributed by atoms with E-state index in [1.54, 1.807) is 23.9 Å². The maximum Gasteiger partial charge on any atom is 0.293 e. The monoisotopic (exact) mass is 343 g/mol. The Morgan fingerprint density at radius 2 is 2.09 bits per heavy atom. The van der Waals surface area contributed by atoms with Crippen molar-refractivity contribution in [3.63, 3.8) is 0 Å². The lowest BCUT2D eigenvalue weighted by atomic mass is 10.2. The average Bonchev–Trinajstić information content (AvgIpc) is 3.24. The molecular formula is C16H13N3O2S2. The minimum atomic E-state index is -0.327. The Morgan fingerprint density at radius 3 is 2.87 bits per heavy atom. The summed E-state index contributed by atoms with van der Waals surface area (Å²) in [4.78, 5) is 11.8. The number of nitrogens with one attached hydrogen (secondary N) is 1. The molecule has 116 valence electrons. The summed E-state index contributed by atoms with van der Waals surface area (Å²) in [5.74, 6) is 0.710. The third-order valence-corrected chi connectivity index (χ3v) is 4.71. The van der Waals surface area contributed by atoms with Crippen molar-refractivity contribution in [2.24, 2.45) is 0 Å². The normalized spacial score (nSPS) is 11.0. The number of amides is 1. The van der Waals surface area contributed by atoms with E-state index in [0.29, 0.717) is 5.13 Å². The molecule has 1 aromatic carbocycles. The Kier molecular flexibility index (Phi) is 5.23. The van der Waals surface area contributed by atoms with Crippen LogP contribution in [0.5, 0.6) is 0 Å². The Balaban J connectivity index is 1.49. The van der Waals surface area contributed by atoms with Gasteiger partial charge in [0.05, 0.1) is 6.26 Å². The van der Waals surface area contributed by atoms with Crippen LogP contribution in [0.2, 0.25) is 0 Å². The standard InChI is InChI=1S/C16H13N3O2S2/c20-14(13-9-4-10-21-13)17-15-18-19-16(23-15)22-11-5-8-12-6-2-1-3-7-12/h1-10H,11H2,(H,17,18,20). The van der Waals surface area contributed by atoms with Gasteiger partial charge in [-0.1, -0.05) is 65.6 Å². The van der Waals surface area contributed by atoms with Gasteiger partial charge in [0, 0.05) is 5.75 Å². The van der Waals surface area contributed by atoms with Crippen molar-refractivity contribution in [1.82, 2.24) is 10.2 Å². The van der Waals surface area contributed by atoms with E-state index in [1.807, 2.05) is 30.3 Å². The van der Waals surface area contributed by atoms with Crippen molar-refractivity contribution in [3.8, 4) is 0 Å². The molecule has 7 heteroatoms. The van der Waals surface area contributed by atoms with E-state index in [1.165, 1.54) is 17.6 Å². The van der Waals surface area contributed by atoms with Gasteiger partial charge in [-0.15, -0.1) is 10.2 Å². The smallest absolute Gasteiger partial charge is 0.293 e. The minimum absolute atomic E-state index is 0.250. The van der Waals surface area contributed by atoms with Crippen LogP contribution in [-0.4, -0.2) is 21.9 Å². The van der Waals surface area contributed by atoms with Crippen LogP contribution in [0.25, 0.3) is 6.08 Å². The van der Waals surface area contributed by atoms with Gasteiger partial charge in [-0.25, -0.2) is 0 Å². The topological polar surface area (TPSA) is 68.0 Å². The average molecular weight is 343 g/mol. The first-order valence-electron chi connectivity index (χ1n) is 6.84. The molecule has 0 bridgehead atoms. The lowest BCUT2D eigenvalue weighted by Crippen LogP contribution is -2.10. The van der Waals surface area contributed by atoms with Crippen LogP contribution in [0.15, 0.2) is 63.6 Å². The van der Waals surface area contributed by atoms with Crippen LogP contribution < -0.4 is 5.32 Å². The van der Waals surface area contributed by atoms with E-state index >= 15 is 0 Å². The second-order valence-electron chi connectivity index (χ2n) is 4.43. The molecule has 3 rings (SSSR count). The van der Waals surface area contributed by atoms with E-state index in [-0.39, 0.29) is 11.7 Å². The number of furan rings is 1. The van der Waals surface area contributed by atoms with Gasteiger partial charge in [0.25, 0.3) is 5.91 Å². The lowest BCUT2D eigenvalue weighted by molar-refractivity contribution is 0.0996. The van der Waals surface area contributed by atoms with Gasteiger partial charge in [-0.05, 0) is 17.7 Å². The van der Waals surface area contributed by atoms with Crippen molar-refractivity contribution in [3.05, 3.63) is 66.1 Å². The maximum atomic E-state index is 11.8. The largest absolute Gasteiger partial charge is 0.459 e. The molecule has 0 atom stereocenters. The second kappa shape index (κ2) is 7.75. The highest BCUT2D eigenvalue weighted by Gasteiger charge is 2.12. The molecular weight excluding hydrogens is 330 g/mol. The summed E-state index contributed by atoms with van der Waals surface area (Å²) < 4.78 is 5.83. The van der Waals surface area contributed by atoms with Gasteiger partial charge >= 0.3 is 0 Å². The predicted octanol–water partition coefficient (Wildman–Crippen LogP) is 4.19. The molecule has 1 amide bonds. The van der Waals surface area contributed by atoms with E-state index in [2.05, 4.69) is 27.7 Å². The molecule has 0 spiro atoms. The third-order valence-electron chi connectivity index (χ3n) is 2.78. The van der Waals surface area contributed by atoms with E-state index in [0.717, 1.165) is 15.7 Å². The van der Waals surface area contributed by atoms with Gasteiger partial charge in [0.1, 0.15) is 0 Å². The Bertz CT molecular complexity index is 783. The zero-order valence-electron chi connectivity index (χ0n) is 12.0. The Labute approximate surface area is 141 Å². The molecule has 0 saturated heterocycles. The Hall–Kier alpha value is -2.38. The maximum absolute atomic E-state index is 11.8. The van der Waals surface area contributed by atoms with Crippen LogP contribution in [0.1, 0.15) is 16.1 Å². The quantitative estimate of drug-likeness (QED) is 0.537. The summed E-state index contributed by atoms with van der Waals surface area (Å²) in [6, 6.07) is 13.4. The van der Waals surface area contributed by atoms with Gasteiger partial charge in [-0.3, -0.25) is 10.1 Å². The van der Waals surface area contributed by atoms with E-state index in [9.17, 15) is 4.79 Å². The molecule has 0 aliphatic heterocycles. The number of benzene rings is 1. The molecule has 0 unspecified atom stereocenters. The second-order valence-corrected chi connectivity index (χ2v) is 6.67.